The smallest absolute Gasteiger partial charge is 0.260 e. The minimum absolute atomic E-state index is 0.0954. The first kappa shape index (κ1) is 14.8. The van der Waals surface area contributed by atoms with Gasteiger partial charge in [-0.1, -0.05) is 19.4 Å². The van der Waals surface area contributed by atoms with Crippen molar-refractivity contribution in [3.8, 4) is 0 Å². The molecule has 1 aliphatic rings. The molecule has 0 bridgehead atoms. The molecule has 20 heavy (non-hydrogen) atoms. The molecule has 1 atom stereocenters. The van der Waals surface area contributed by atoms with Gasteiger partial charge < -0.3 is 20.0 Å². The molecule has 1 heterocycles. The number of unbranched alkanes of at least 4 members (excludes halogenated alkanes) is 1. The normalized spacial score (nSPS) is 17.5. The summed E-state index contributed by atoms with van der Waals surface area (Å²) < 4.78 is 0. The van der Waals surface area contributed by atoms with E-state index >= 15 is 0 Å². The third kappa shape index (κ3) is 2.64. The summed E-state index contributed by atoms with van der Waals surface area (Å²) in [4.78, 5) is 15.4. The molecule has 2 N–H and O–H groups in total. The fourth-order valence-electron chi connectivity index (χ4n) is 2.53. The van der Waals surface area contributed by atoms with Gasteiger partial charge in [-0.15, -0.1) is 0 Å². The molecule has 5 heteroatoms. The summed E-state index contributed by atoms with van der Waals surface area (Å²) in [5, 5.41) is 19.0. The second kappa shape index (κ2) is 6.24. The van der Waals surface area contributed by atoms with Crippen molar-refractivity contribution < 1.29 is 15.0 Å². The Labute approximate surface area is 119 Å². The third-order valence-electron chi connectivity index (χ3n) is 3.75. The summed E-state index contributed by atoms with van der Waals surface area (Å²) in [5.41, 5.74) is 2.38. The third-order valence-corrected chi connectivity index (χ3v) is 3.75. The lowest BCUT2D eigenvalue weighted by Gasteiger charge is -2.25. The van der Waals surface area contributed by atoms with Crippen LogP contribution in [-0.2, 0) is 4.79 Å². The van der Waals surface area contributed by atoms with E-state index in [0.29, 0.717) is 12.1 Å². The lowest BCUT2D eigenvalue weighted by atomic mass is 10.1. The maximum atomic E-state index is 11.8. The Bertz CT molecular complexity index is 490. The van der Waals surface area contributed by atoms with Crippen molar-refractivity contribution in [2.24, 2.45) is 0 Å². The van der Waals surface area contributed by atoms with Crippen molar-refractivity contribution in [1.29, 1.82) is 0 Å². The van der Waals surface area contributed by atoms with Gasteiger partial charge in [0.05, 0.1) is 12.3 Å². The van der Waals surface area contributed by atoms with Gasteiger partial charge in [-0.2, -0.15) is 0 Å². The fourth-order valence-corrected chi connectivity index (χ4v) is 2.53. The number of hydrogen-bond donors (Lipinski definition) is 2. The average molecular weight is 278 g/mol. The zero-order chi connectivity index (χ0) is 14.7. The van der Waals surface area contributed by atoms with Crippen molar-refractivity contribution in [3.63, 3.8) is 0 Å². The topological polar surface area (TPSA) is 64.0 Å². The lowest BCUT2D eigenvalue weighted by molar-refractivity contribution is -0.125. The van der Waals surface area contributed by atoms with E-state index in [2.05, 4.69) is 11.8 Å². The van der Waals surface area contributed by atoms with Crippen LogP contribution < -0.4 is 9.80 Å². The number of nitrogens with zero attached hydrogens (tertiary/aromatic N) is 2. The number of likely N-dealkylation sites (N-methyl/N-ethyl adjacent to an activating group) is 1. The predicted octanol–water partition coefficient (Wildman–Crippen LogP) is 1.30. The van der Waals surface area contributed by atoms with Gasteiger partial charge in [0.15, 0.2) is 6.10 Å². The molecule has 1 aromatic carbocycles. The monoisotopic (exact) mass is 278 g/mol. The van der Waals surface area contributed by atoms with E-state index in [1.54, 1.807) is 13.1 Å². The molecular formula is C15H22N2O3. The van der Waals surface area contributed by atoms with E-state index in [4.69, 9.17) is 0 Å². The number of hydrogen-bond acceptors (Lipinski definition) is 4. The summed E-state index contributed by atoms with van der Waals surface area (Å²) in [6.45, 7) is 3.66. The first-order valence-electron chi connectivity index (χ1n) is 7.05. The van der Waals surface area contributed by atoms with E-state index in [0.717, 1.165) is 30.8 Å². The van der Waals surface area contributed by atoms with Crippen LogP contribution in [0.2, 0.25) is 0 Å². The number of benzene rings is 1. The first-order valence-corrected chi connectivity index (χ1v) is 7.05. The molecule has 0 radical (unpaired) electrons. The van der Waals surface area contributed by atoms with Gasteiger partial charge in [0.2, 0.25) is 0 Å². The number of rotatable bonds is 6. The highest BCUT2D eigenvalue weighted by Crippen LogP contribution is 2.37. The van der Waals surface area contributed by atoms with Crippen molar-refractivity contribution in [2.75, 3.05) is 36.5 Å². The van der Waals surface area contributed by atoms with E-state index < -0.39 is 6.10 Å². The molecule has 1 unspecified atom stereocenters. The van der Waals surface area contributed by atoms with Gasteiger partial charge in [0.25, 0.3) is 5.91 Å². The molecular weight excluding hydrogens is 256 g/mol. The Morgan fingerprint density at radius 2 is 2.10 bits per heavy atom. The molecule has 5 nitrogen and oxygen atoms in total. The Morgan fingerprint density at radius 1 is 1.35 bits per heavy atom. The first-order chi connectivity index (χ1) is 9.60. The van der Waals surface area contributed by atoms with Crippen LogP contribution in [0.25, 0.3) is 0 Å². The molecule has 110 valence electrons. The molecule has 0 aliphatic carbocycles. The van der Waals surface area contributed by atoms with Crippen molar-refractivity contribution in [2.45, 2.75) is 25.9 Å². The van der Waals surface area contributed by atoms with Crippen molar-refractivity contribution in [1.82, 2.24) is 0 Å². The number of aliphatic hydroxyl groups is 2. The van der Waals surface area contributed by atoms with Crippen LogP contribution in [0.3, 0.4) is 0 Å². The largest absolute Gasteiger partial charge is 0.395 e. The molecule has 1 amide bonds. The SMILES string of the molecule is CCCCN(CCO)c1ccc2c(c1)N(C)C(=O)C2O. The molecule has 2 rings (SSSR count). The van der Waals surface area contributed by atoms with Gasteiger partial charge in [0.1, 0.15) is 0 Å². The minimum atomic E-state index is -1.05. The van der Waals surface area contributed by atoms with Gasteiger partial charge in [-0.05, 0) is 18.6 Å². The molecule has 0 aromatic heterocycles. The van der Waals surface area contributed by atoms with Crippen molar-refractivity contribution in [3.05, 3.63) is 23.8 Å². The van der Waals surface area contributed by atoms with Gasteiger partial charge in [-0.25, -0.2) is 0 Å². The van der Waals surface area contributed by atoms with Crippen LogP contribution in [0.5, 0.6) is 0 Å². The summed E-state index contributed by atoms with van der Waals surface area (Å²) in [7, 11) is 1.67. The van der Waals surface area contributed by atoms with E-state index in [1.165, 1.54) is 4.90 Å². The number of amides is 1. The quantitative estimate of drug-likeness (QED) is 0.823. The second-order valence-corrected chi connectivity index (χ2v) is 5.11. The molecule has 1 aliphatic heterocycles. The van der Waals surface area contributed by atoms with Crippen LogP contribution in [0, 0.1) is 0 Å². The number of aliphatic hydroxyl groups excluding tert-OH is 2. The standard InChI is InChI=1S/C15H22N2O3/c1-3-4-7-17(8-9-18)11-5-6-12-13(10-11)16(2)15(20)14(12)19/h5-6,10,14,18-19H,3-4,7-9H2,1-2H3. The van der Waals surface area contributed by atoms with Crippen LogP contribution in [0.1, 0.15) is 31.4 Å². The molecule has 0 saturated heterocycles. The molecule has 0 saturated carbocycles. The van der Waals surface area contributed by atoms with Gasteiger partial charge >= 0.3 is 0 Å². The molecule has 1 aromatic rings. The summed E-state index contributed by atoms with van der Waals surface area (Å²) in [6, 6.07) is 5.61. The number of carbonyl (C=O) groups is 1. The highest BCUT2D eigenvalue weighted by atomic mass is 16.3. The highest BCUT2D eigenvalue weighted by molar-refractivity contribution is 6.03. The van der Waals surface area contributed by atoms with Crippen LogP contribution in [-0.4, -0.2) is 42.9 Å². The summed E-state index contributed by atoms with van der Waals surface area (Å²) >= 11 is 0. The average Bonchev–Trinajstić information content (AvgIpc) is 2.68. The van der Waals surface area contributed by atoms with Gasteiger partial charge in [0, 0.05) is 31.4 Å². The Balaban J connectivity index is 2.28. The lowest BCUT2D eigenvalue weighted by Crippen LogP contribution is -2.28. The fraction of sp³-hybridized carbons (Fsp3) is 0.533. The maximum Gasteiger partial charge on any atom is 0.260 e. The second-order valence-electron chi connectivity index (χ2n) is 5.11. The summed E-state index contributed by atoms with van der Waals surface area (Å²) in [6.07, 6.45) is 1.09. The summed E-state index contributed by atoms with van der Waals surface area (Å²) in [5.74, 6) is -0.292. The van der Waals surface area contributed by atoms with Gasteiger partial charge in [-0.3, -0.25) is 4.79 Å². The van der Waals surface area contributed by atoms with Crippen LogP contribution >= 0.6 is 0 Å². The highest BCUT2D eigenvalue weighted by Gasteiger charge is 2.33. The van der Waals surface area contributed by atoms with Crippen LogP contribution in [0.15, 0.2) is 18.2 Å². The number of carbonyl (C=O) groups excluding carboxylic acids is 1. The van der Waals surface area contributed by atoms with E-state index in [1.807, 2.05) is 12.1 Å². The zero-order valence-electron chi connectivity index (χ0n) is 12.0. The zero-order valence-corrected chi connectivity index (χ0v) is 12.0. The molecule has 0 spiro atoms. The number of fused-ring (bicyclic) bond motifs is 1. The predicted molar refractivity (Wildman–Crippen MR) is 79.0 cm³/mol. The Kier molecular flexibility index (Phi) is 4.62. The van der Waals surface area contributed by atoms with E-state index in [-0.39, 0.29) is 12.5 Å². The maximum absolute atomic E-state index is 11.8. The Hall–Kier alpha value is -1.59. The molecule has 0 fully saturated rings. The van der Waals surface area contributed by atoms with E-state index in [9.17, 15) is 15.0 Å². The van der Waals surface area contributed by atoms with Crippen LogP contribution in [0.4, 0.5) is 11.4 Å². The minimum Gasteiger partial charge on any atom is -0.395 e. The van der Waals surface area contributed by atoms with Crippen molar-refractivity contribution >= 4 is 17.3 Å². The number of anilines is 2. The Morgan fingerprint density at radius 3 is 2.75 bits per heavy atom.